The molecule has 2 heterocycles. The summed E-state index contributed by atoms with van der Waals surface area (Å²) in [5.74, 6) is 1.30. The summed E-state index contributed by atoms with van der Waals surface area (Å²) in [5, 5.41) is 16.7. The van der Waals surface area contributed by atoms with E-state index in [-0.39, 0.29) is 12.5 Å². The van der Waals surface area contributed by atoms with Crippen molar-refractivity contribution in [1.82, 2.24) is 9.78 Å². The number of hydrogen-bond acceptors (Lipinski definition) is 3. The number of rotatable bonds is 1. The van der Waals surface area contributed by atoms with Crippen LogP contribution in [-0.2, 0) is 7.05 Å². The van der Waals surface area contributed by atoms with Crippen molar-refractivity contribution in [3.05, 3.63) is 11.8 Å². The topological polar surface area (TPSA) is 50.1 Å². The molecule has 0 unspecified atom stereocenters. The molecule has 0 bridgehead atoms. The number of aliphatic hydroxyl groups is 1. The van der Waals surface area contributed by atoms with Crippen LogP contribution in [0.4, 0.5) is 5.82 Å². The summed E-state index contributed by atoms with van der Waals surface area (Å²) in [6.45, 7) is 2.34. The molecule has 1 aromatic rings. The SMILES string of the molecule is C[C@@H]1C[C@H](CO)c2cnn(C)c2N1. The van der Waals surface area contributed by atoms with Crippen molar-refractivity contribution in [3.63, 3.8) is 0 Å². The summed E-state index contributed by atoms with van der Waals surface area (Å²) < 4.78 is 1.83. The lowest BCUT2D eigenvalue weighted by Gasteiger charge is -2.27. The van der Waals surface area contributed by atoms with Gasteiger partial charge in [0.1, 0.15) is 5.82 Å². The van der Waals surface area contributed by atoms with Crippen LogP contribution in [0, 0.1) is 0 Å². The predicted molar refractivity (Wildman–Crippen MR) is 50.7 cm³/mol. The van der Waals surface area contributed by atoms with Crippen LogP contribution in [0.3, 0.4) is 0 Å². The van der Waals surface area contributed by atoms with Crippen LogP contribution in [0.2, 0.25) is 0 Å². The van der Waals surface area contributed by atoms with Gasteiger partial charge in [0.05, 0.1) is 12.8 Å². The van der Waals surface area contributed by atoms with Crippen LogP contribution in [-0.4, -0.2) is 27.5 Å². The molecule has 4 nitrogen and oxygen atoms in total. The fourth-order valence-corrected chi connectivity index (χ4v) is 1.95. The second kappa shape index (κ2) is 3.03. The predicted octanol–water partition coefficient (Wildman–Crippen LogP) is 0.700. The monoisotopic (exact) mass is 181 g/mol. The Labute approximate surface area is 77.6 Å². The maximum absolute atomic E-state index is 9.20. The third-order valence-corrected chi connectivity index (χ3v) is 2.65. The van der Waals surface area contributed by atoms with Gasteiger partial charge >= 0.3 is 0 Å². The highest BCUT2D eigenvalue weighted by atomic mass is 16.3. The molecular formula is C9H15N3O. The molecule has 1 aliphatic rings. The average Bonchev–Trinajstić information content (AvgIpc) is 2.47. The van der Waals surface area contributed by atoms with Crippen molar-refractivity contribution in [2.45, 2.75) is 25.3 Å². The third kappa shape index (κ3) is 1.31. The number of hydrogen-bond donors (Lipinski definition) is 2. The van der Waals surface area contributed by atoms with E-state index in [1.165, 1.54) is 0 Å². The van der Waals surface area contributed by atoms with Crippen molar-refractivity contribution >= 4 is 5.82 Å². The second-order valence-electron chi connectivity index (χ2n) is 3.73. The Bertz CT molecular complexity index is 308. The molecule has 72 valence electrons. The lowest BCUT2D eigenvalue weighted by molar-refractivity contribution is 0.253. The number of anilines is 1. The molecule has 13 heavy (non-hydrogen) atoms. The molecule has 2 N–H and O–H groups in total. The zero-order valence-corrected chi connectivity index (χ0v) is 7.99. The highest BCUT2D eigenvalue weighted by Crippen LogP contribution is 2.32. The van der Waals surface area contributed by atoms with Crippen molar-refractivity contribution in [3.8, 4) is 0 Å². The minimum Gasteiger partial charge on any atom is -0.396 e. The standard InChI is InChI=1S/C9H15N3O/c1-6-3-7(5-13)8-4-10-12(2)9(8)11-6/h4,6-7,11,13H,3,5H2,1-2H3/t6-,7-/m1/s1. The van der Waals surface area contributed by atoms with Crippen LogP contribution in [0.15, 0.2) is 6.20 Å². The number of nitrogens with one attached hydrogen (secondary N) is 1. The summed E-state index contributed by atoms with van der Waals surface area (Å²) >= 11 is 0. The van der Waals surface area contributed by atoms with Crippen LogP contribution in [0.5, 0.6) is 0 Å². The molecule has 0 spiro atoms. The second-order valence-corrected chi connectivity index (χ2v) is 3.73. The lowest BCUT2D eigenvalue weighted by Crippen LogP contribution is -2.27. The molecular weight excluding hydrogens is 166 g/mol. The first-order valence-corrected chi connectivity index (χ1v) is 4.61. The van der Waals surface area contributed by atoms with E-state index in [9.17, 15) is 5.11 Å². The highest BCUT2D eigenvalue weighted by molar-refractivity contribution is 5.49. The fraction of sp³-hybridized carbons (Fsp3) is 0.667. The van der Waals surface area contributed by atoms with E-state index in [1.54, 1.807) is 0 Å². The van der Waals surface area contributed by atoms with Gasteiger partial charge in [-0.15, -0.1) is 0 Å². The molecule has 0 saturated heterocycles. The van der Waals surface area contributed by atoms with Gasteiger partial charge in [-0.2, -0.15) is 5.10 Å². The number of nitrogens with zero attached hydrogens (tertiary/aromatic N) is 2. The van der Waals surface area contributed by atoms with Gasteiger partial charge in [-0.3, -0.25) is 4.68 Å². The Balaban J connectivity index is 2.38. The van der Waals surface area contributed by atoms with E-state index in [1.807, 2.05) is 17.9 Å². The molecule has 0 radical (unpaired) electrons. The first-order valence-electron chi connectivity index (χ1n) is 4.61. The van der Waals surface area contributed by atoms with Gasteiger partial charge in [-0.1, -0.05) is 0 Å². The Kier molecular flexibility index (Phi) is 2.00. The normalized spacial score (nSPS) is 26.7. The Morgan fingerprint density at radius 3 is 3.23 bits per heavy atom. The van der Waals surface area contributed by atoms with Gasteiger partial charge in [-0.05, 0) is 13.3 Å². The molecule has 2 atom stereocenters. The molecule has 1 aromatic heterocycles. The lowest BCUT2D eigenvalue weighted by atomic mass is 9.91. The molecule has 4 heteroatoms. The maximum Gasteiger partial charge on any atom is 0.127 e. The Morgan fingerprint density at radius 1 is 1.77 bits per heavy atom. The number of aliphatic hydroxyl groups excluding tert-OH is 1. The Morgan fingerprint density at radius 2 is 2.54 bits per heavy atom. The molecule has 0 aromatic carbocycles. The minimum absolute atomic E-state index is 0.213. The van der Waals surface area contributed by atoms with Gasteiger partial charge in [0.15, 0.2) is 0 Å². The molecule has 0 aliphatic carbocycles. The third-order valence-electron chi connectivity index (χ3n) is 2.65. The highest BCUT2D eigenvalue weighted by Gasteiger charge is 2.26. The van der Waals surface area contributed by atoms with Gasteiger partial charge in [-0.25, -0.2) is 0 Å². The van der Waals surface area contributed by atoms with Gasteiger partial charge in [0, 0.05) is 24.6 Å². The van der Waals surface area contributed by atoms with Gasteiger partial charge < -0.3 is 10.4 Å². The fourth-order valence-electron chi connectivity index (χ4n) is 1.95. The molecule has 0 fully saturated rings. The van der Waals surface area contributed by atoms with E-state index in [0.717, 1.165) is 17.8 Å². The molecule has 2 rings (SSSR count). The van der Waals surface area contributed by atoms with E-state index in [0.29, 0.717) is 6.04 Å². The van der Waals surface area contributed by atoms with Crippen molar-refractivity contribution in [2.75, 3.05) is 11.9 Å². The summed E-state index contributed by atoms with van der Waals surface area (Å²) in [6.07, 6.45) is 2.82. The van der Waals surface area contributed by atoms with Crippen LogP contribution < -0.4 is 5.32 Å². The minimum atomic E-state index is 0.213. The van der Waals surface area contributed by atoms with Gasteiger partial charge in [0.2, 0.25) is 0 Å². The number of aromatic nitrogens is 2. The van der Waals surface area contributed by atoms with E-state index < -0.39 is 0 Å². The molecule has 0 amide bonds. The largest absolute Gasteiger partial charge is 0.396 e. The van der Waals surface area contributed by atoms with E-state index in [4.69, 9.17) is 0 Å². The summed E-state index contributed by atoms with van der Waals surface area (Å²) in [5.41, 5.74) is 1.14. The van der Waals surface area contributed by atoms with Crippen LogP contribution in [0.1, 0.15) is 24.8 Å². The first kappa shape index (κ1) is 8.56. The number of aryl methyl sites for hydroxylation is 1. The van der Waals surface area contributed by atoms with Crippen molar-refractivity contribution in [1.29, 1.82) is 0 Å². The van der Waals surface area contributed by atoms with E-state index in [2.05, 4.69) is 17.3 Å². The first-order chi connectivity index (χ1) is 6.22. The zero-order chi connectivity index (χ0) is 9.42. The summed E-state index contributed by atoms with van der Waals surface area (Å²) in [6, 6.07) is 0.417. The summed E-state index contributed by atoms with van der Waals surface area (Å²) in [4.78, 5) is 0. The van der Waals surface area contributed by atoms with Crippen molar-refractivity contribution in [2.24, 2.45) is 7.05 Å². The number of fused-ring (bicyclic) bond motifs is 1. The summed E-state index contributed by atoms with van der Waals surface area (Å²) in [7, 11) is 1.91. The molecule has 1 aliphatic heterocycles. The van der Waals surface area contributed by atoms with Crippen LogP contribution in [0.25, 0.3) is 0 Å². The maximum atomic E-state index is 9.20. The smallest absolute Gasteiger partial charge is 0.127 e. The zero-order valence-electron chi connectivity index (χ0n) is 7.99. The van der Waals surface area contributed by atoms with Gasteiger partial charge in [0.25, 0.3) is 0 Å². The quantitative estimate of drug-likeness (QED) is 0.670. The van der Waals surface area contributed by atoms with E-state index >= 15 is 0 Å². The van der Waals surface area contributed by atoms with Crippen LogP contribution >= 0.6 is 0 Å². The van der Waals surface area contributed by atoms with Crippen molar-refractivity contribution < 1.29 is 5.11 Å². The average molecular weight is 181 g/mol. The Hall–Kier alpha value is -1.03. The molecule has 0 saturated carbocycles.